The van der Waals surface area contributed by atoms with Crippen molar-refractivity contribution in [3.8, 4) is 0 Å². The molecule has 1 aliphatic rings. The molecule has 0 unspecified atom stereocenters. The Morgan fingerprint density at radius 1 is 1.39 bits per heavy atom. The molecule has 0 bridgehead atoms. The van der Waals surface area contributed by atoms with E-state index in [4.69, 9.17) is 4.52 Å². The van der Waals surface area contributed by atoms with Gasteiger partial charge in [0.2, 0.25) is 5.89 Å². The van der Waals surface area contributed by atoms with Crippen LogP contribution in [0, 0.1) is 0 Å². The quantitative estimate of drug-likeness (QED) is 0.776. The highest BCUT2D eigenvalue weighted by atomic mass is 32.1. The Balaban J connectivity index is 1.31. The standard InChI is InChI=1S/C15H17N5O2S/c21-13(11-9-20-7-8-23-15(20)17-11)16-6-5-12-18-14(22-19-12)10-3-1-2-4-10/h7-10H,1-6H2,(H,16,21). The summed E-state index contributed by atoms with van der Waals surface area (Å²) in [4.78, 5) is 21.6. The van der Waals surface area contributed by atoms with Crippen LogP contribution in [0.1, 0.15) is 53.8 Å². The first kappa shape index (κ1) is 14.4. The van der Waals surface area contributed by atoms with E-state index in [0.717, 1.165) is 23.7 Å². The number of imidazole rings is 1. The van der Waals surface area contributed by atoms with Crippen molar-refractivity contribution in [1.29, 1.82) is 0 Å². The van der Waals surface area contributed by atoms with Crippen LogP contribution in [-0.4, -0.2) is 32.0 Å². The molecule has 0 radical (unpaired) electrons. The van der Waals surface area contributed by atoms with Gasteiger partial charge in [-0.3, -0.25) is 9.20 Å². The Kier molecular flexibility index (Phi) is 3.82. The minimum atomic E-state index is -0.180. The van der Waals surface area contributed by atoms with Gasteiger partial charge in [0.05, 0.1) is 0 Å². The molecule has 3 aromatic heterocycles. The summed E-state index contributed by atoms with van der Waals surface area (Å²) in [6, 6.07) is 0. The summed E-state index contributed by atoms with van der Waals surface area (Å²) in [7, 11) is 0. The molecule has 7 nitrogen and oxygen atoms in total. The SMILES string of the molecule is O=C(NCCc1noc(C2CCCC2)n1)c1cn2ccsc2n1. The summed E-state index contributed by atoms with van der Waals surface area (Å²) >= 11 is 1.50. The maximum Gasteiger partial charge on any atom is 0.271 e. The normalized spacial score (nSPS) is 15.5. The second kappa shape index (κ2) is 6.11. The van der Waals surface area contributed by atoms with Crippen LogP contribution in [0.4, 0.5) is 0 Å². The first-order chi connectivity index (χ1) is 11.3. The lowest BCUT2D eigenvalue weighted by molar-refractivity contribution is 0.0949. The molecule has 1 N–H and O–H groups in total. The highest BCUT2D eigenvalue weighted by molar-refractivity contribution is 7.15. The van der Waals surface area contributed by atoms with Gasteiger partial charge < -0.3 is 9.84 Å². The van der Waals surface area contributed by atoms with Gasteiger partial charge in [-0.25, -0.2) is 4.98 Å². The van der Waals surface area contributed by atoms with Crippen LogP contribution < -0.4 is 5.32 Å². The monoisotopic (exact) mass is 331 g/mol. The summed E-state index contributed by atoms with van der Waals surface area (Å²) in [5, 5.41) is 8.78. The Morgan fingerprint density at radius 2 is 2.26 bits per heavy atom. The molecule has 0 aliphatic heterocycles. The molecule has 0 spiro atoms. The van der Waals surface area contributed by atoms with E-state index in [9.17, 15) is 4.79 Å². The summed E-state index contributed by atoms with van der Waals surface area (Å²) in [6.07, 6.45) is 8.91. The first-order valence-corrected chi connectivity index (χ1v) is 8.70. The van der Waals surface area contributed by atoms with Gasteiger partial charge in [0.1, 0.15) is 5.69 Å². The molecular formula is C15H17N5O2S. The minimum Gasteiger partial charge on any atom is -0.350 e. The van der Waals surface area contributed by atoms with Crippen LogP contribution in [-0.2, 0) is 6.42 Å². The Bertz CT molecular complexity index is 786. The van der Waals surface area contributed by atoms with E-state index in [1.807, 2.05) is 16.0 Å². The predicted molar refractivity (Wildman–Crippen MR) is 84.6 cm³/mol. The zero-order valence-corrected chi connectivity index (χ0v) is 13.4. The van der Waals surface area contributed by atoms with E-state index in [1.54, 1.807) is 6.20 Å². The zero-order chi connectivity index (χ0) is 15.6. The number of hydrogen-bond acceptors (Lipinski definition) is 6. The van der Waals surface area contributed by atoms with Crippen LogP contribution in [0.25, 0.3) is 4.96 Å². The fourth-order valence-corrected chi connectivity index (χ4v) is 3.62. The van der Waals surface area contributed by atoms with Crippen molar-refractivity contribution >= 4 is 22.2 Å². The van der Waals surface area contributed by atoms with Crippen LogP contribution in [0.2, 0.25) is 0 Å². The molecule has 3 aromatic rings. The number of hydrogen-bond donors (Lipinski definition) is 1. The van der Waals surface area contributed by atoms with Crippen molar-refractivity contribution in [3.05, 3.63) is 35.2 Å². The van der Waals surface area contributed by atoms with E-state index >= 15 is 0 Å². The molecule has 3 heterocycles. The summed E-state index contributed by atoms with van der Waals surface area (Å²) in [5.74, 6) is 1.64. The lowest BCUT2D eigenvalue weighted by atomic mass is 10.1. The number of aromatic nitrogens is 4. The summed E-state index contributed by atoms with van der Waals surface area (Å²) in [6.45, 7) is 0.466. The summed E-state index contributed by atoms with van der Waals surface area (Å²) in [5.41, 5.74) is 0.427. The topological polar surface area (TPSA) is 85.3 Å². The number of nitrogens with one attached hydrogen (secondary N) is 1. The Labute approximate surface area is 136 Å². The maximum atomic E-state index is 12.1. The smallest absolute Gasteiger partial charge is 0.271 e. The number of carbonyl (C=O) groups excluding carboxylic acids is 1. The molecular weight excluding hydrogens is 314 g/mol. The van der Waals surface area contributed by atoms with Gasteiger partial charge in [-0.2, -0.15) is 4.98 Å². The van der Waals surface area contributed by atoms with Crippen LogP contribution in [0.5, 0.6) is 0 Å². The third kappa shape index (κ3) is 2.98. The van der Waals surface area contributed by atoms with Gasteiger partial charge in [0.25, 0.3) is 5.91 Å². The van der Waals surface area contributed by atoms with Gasteiger partial charge in [0, 0.05) is 36.7 Å². The first-order valence-electron chi connectivity index (χ1n) is 7.82. The summed E-state index contributed by atoms with van der Waals surface area (Å²) < 4.78 is 7.17. The maximum absolute atomic E-state index is 12.1. The van der Waals surface area contributed by atoms with Gasteiger partial charge in [-0.1, -0.05) is 18.0 Å². The lowest BCUT2D eigenvalue weighted by Gasteiger charge is -2.00. The van der Waals surface area contributed by atoms with Gasteiger partial charge in [0.15, 0.2) is 10.8 Å². The average Bonchev–Trinajstić information content (AvgIpc) is 3.29. The number of fused-ring (bicyclic) bond motifs is 1. The minimum absolute atomic E-state index is 0.180. The number of carbonyl (C=O) groups is 1. The van der Waals surface area contributed by atoms with E-state index in [0.29, 0.717) is 30.4 Å². The molecule has 1 saturated carbocycles. The molecule has 120 valence electrons. The van der Waals surface area contributed by atoms with E-state index in [1.165, 1.54) is 24.2 Å². The van der Waals surface area contributed by atoms with Crippen LogP contribution in [0.15, 0.2) is 22.3 Å². The third-order valence-corrected chi connectivity index (χ3v) is 4.92. The number of rotatable bonds is 5. The molecule has 0 atom stereocenters. The Morgan fingerprint density at radius 3 is 3.09 bits per heavy atom. The number of amides is 1. The molecule has 0 saturated heterocycles. The van der Waals surface area contributed by atoms with E-state index in [-0.39, 0.29) is 5.91 Å². The highest BCUT2D eigenvalue weighted by Crippen LogP contribution is 2.32. The lowest BCUT2D eigenvalue weighted by Crippen LogP contribution is -2.26. The fraction of sp³-hybridized carbons (Fsp3) is 0.467. The average molecular weight is 331 g/mol. The molecule has 8 heteroatoms. The van der Waals surface area contributed by atoms with Gasteiger partial charge in [-0.15, -0.1) is 11.3 Å². The molecule has 4 rings (SSSR count). The van der Waals surface area contributed by atoms with Gasteiger partial charge >= 0.3 is 0 Å². The Hall–Kier alpha value is -2.22. The van der Waals surface area contributed by atoms with Gasteiger partial charge in [-0.05, 0) is 12.8 Å². The number of nitrogens with zero attached hydrogens (tertiary/aromatic N) is 4. The van der Waals surface area contributed by atoms with E-state index < -0.39 is 0 Å². The van der Waals surface area contributed by atoms with Crippen molar-refractivity contribution in [3.63, 3.8) is 0 Å². The zero-order valence-electron chi connectivity index (χ0n) is 12.6. The predicted octanol–water partition coefficient (Wildman–Crippen LogP) is 2.41. The van der Waals surface area contributed by atoms with Crippen molar-refractivity contribution in [1.82, 2.24) is 24.8 Å². The second-order valence-corrected chi connectivity index (χ2v) is 6.63. The third-order valence-electron chi connectivity index (χ3n) is 4.15. The molecule has 23 heavy (non-hydrogen) atoms. The highest BCUT2D eigenvalue weighted by Gasteiger charge is 2.22. The fourth-order valence-electron chi connectivity index (χ4n) is 2.92. The van der Waals surface area contributed by atoms with Crippen molar-refractivity contribution in [2.45, 2.75) is 38.0 Å². The van der Waals surface area contributed by atoms with Crippen molar-refractivity contribution in [2.75, 3.05) is 6.54 Å². The van der Waals surface area contributed by atoms with Crippen LogP contribution >= 0.6 is 11.3 Å². The number of thiazole rings is 1. The largest absolute Gasteiger partial charge is 0.350 e. The second-order valence-electron chi connectivity index (χ2n) is 5.76. The molecule has 0 aromatic carbocycles. The molecule has 1 aliphatic carbocycles. The van der Waals surface area contributed by atoms with E-state index in [2.05, 4.69) is 20.4 Å². The van der Waals surface area contributed by atoms with Crippen molar-refractivity contribution in [2.24, 2.45) is 0 Å². The van der Waals surface area contributed by atoms with Crippen LogP contribution in [0.3, 0.4) is 0 Å². The van der Waals surface area contributed by atoms with Crippen molar-refractivity contribution < 1.29 is 9.32 Å². The molecule has 1 fully saturated rings. The molecule has 1 amide bonds.